The highest BCUT2D eigenvalue weighted by Crippen LogP contribution is 2.27. The standard InChI is InChI=1S/C12H9BrO3/c1-16-12-9(6-13)10(14)7-4-2-3-5-8(7)11(12)15/h2-5H,6H2,1H3. The number of benzene rings is 1. The third-order valence-electron chi connectivity index (χ3n) is 2.51. The summed E-state index contributed by atoms with van der Waals surface area (Å²) in [5.41, 5.74) is 1.24. The Labute approximate surface area is 101 Å². The molecule has 0 unspecified atom stereocenters. The van der Waals surface area contributed by atoms with E-state index in [0.717, 1.165) is 0 Å². The molecule has 1 aliphatic carbocycles. The van der Waals surface area contributed by atoms with Crippen LogP contribution in [0.2, 0.25) is 0 Å². The van der Waals surface area contributed by atoms with E-state index in [1.54, 1.807) is 24.3 Å². The lowest BCUT2D eigenvalue weighted by Crippen LogP contribution is -2.23. The van der Waals surface area contributed by atoms with Crippen LogP contribution in [0.25, 0.3) is 0 Å². The Morgan fingerprint density at radius 3 is 2.19 bits per heavy atom. The van der Waals surface area contributed by atoms with Crippen LogP contribution < -0.4 is 0 Å². The van der Waals surface area contributed by atoms with Gasteiger partial charge >= 0.3 is 0 Å². The van der Waals surface area contributed by atoms with Gasteiger partial charge in [-0.3, -0.25) is 9.59 Å². The molecule has 0 aliphatic heterocycles. The molecule has 0 atom stereocenters. The Hall–Kier alpha value is -1.42. The number of halogens is 1. The Kier molecular flexibility index (Phi) is 2.92. The summed E-state index contributed by atoms with van der Waals surface area (Å²) in [5, 5.41) is 0.315. The lowest BCUT2D eigenvalue weighted by molar-refractivity contribution is 0.0907. The van der Waals surface area contributed by atoms with Crippen molar-refractivity contribution in [2.24, 2.45) is 0 Å². The van der Waals surface area contributed by atoms with Gasteiger partial charge in [0.05, 0.1) is 12.7 Å². The van der Waals surface area contributed by atoms with Crippen molar-refractivity contribution in [3.05, 3.63) is 46.7 Å². The second-order valence-corrected chi connectivity index (χ2v) is 3.91. The topological polar surface area (TPSA) is 43.4 Å². The van der Waals surface area contributed by atoms with E-state index in [1.807, 2.05) is 0 Å². The van der Waals surface area contributed by atoms with E-state index in [1.165, 1.54) is 7.11 Å². The molecular formula is C12H9BrO3. The number of rotatable bonds is 2. The quantitative estimate of drug-likeness (QED) is 0.782. The van der Waals surface area contributed by atoms with E-state index in [9.17, 15) is 9.59 Å². The van der Waals surface area contributed by atoms with Gasteiger partial charge in [-0.25, -0.2) is 0 Å². The summed E-state index contributed by atoms with van der Waals surface area (Å²) in [4.78, 5) is 24.0. The third-order valence-corrected chi connectivity index (χ3v) is 3.07. The Bertz CT molecular complexity index is 458. The molecule has 1 aromatic rings. The van der Waals surface area contributed by atoms with E-state index in [2.05, 4.69) is 15.9 Å². The first-order valence-corrected chi connectivity index (χ1v) is 5.84. The van der Waals surface area contributed by atoms with Gasteiger partial charge in [0.1, 0.15) is 0 Å². The zero-order valence-corrected chi connectivity index (χ0v) is 10.2. The number of allylic oxidation sites excluding steroid dienone is 2. The van der Waals surface area contributed by atoms with Crippen LogP contribution in [-0.4, -0.2) is 24.0 Å². The summed E-state index contributed by atoms with van der Waals surface area (Å²) < 4.78 is 5.01. The Morgan fingerprint density at radius 1 is 1.12 bits per heavy atom. The lowest BCUT2D eigenvalue weighted by atomic mass is 9.89. The largest absolute Gasteiger partial charge is 0.492 e. The molecule has 82 valence electrons. The van der Waals surface area contributed by atoms with Crippen LogP contribution in [0.1, 0.15) is 20.7 Å². The number of hydrogen-bond donors (Lipinski definition) is 0. The summed E-state index contributed by atoms with van der Waals surface area (Å²) >= 11 is 3.20. The van der Waals surface area contributed by atoms with Gasteiger partial charge in [-0.1, -0.05) is 40.2 Å². The second kappa shape index (κ2) is 4.22. The molecule has 1 aromatic carbocycles. The highest BCUT2D eigenvalue weighted by atomic mass is 79.9. The molecule has 0 saturated carbocycles. The van der Waals surface area contributed by atoms with Crippen molar-refractivity contribution in [3.8, 4) is 0 Å². The molecule has 0 bridgehead atoms. The van der Waals surface area contributed by atoms with E-state index >= 15 is 0 Å². The molecule has 0 amide bonds. The Balaban J connectivity index is 2.67. The summed E-state index contributed by atoms with van der Waals surface area (Å²) in [6, 6.07) is 6.77. The number of hydrogen-bond acceptors (Lipinski definition) is 3. The maximum atomic E-state index is 12.0. The van der Waals surface area contributed by atoms with Crippen LogP contribution >= 0.6 is 15.9 Å². The molecule has 0 spiro atoms. The van der Waals surface area contributed by atoms with Gasteiger partial charge in [0.15, 0.2) is 11.5 Å². The second-order valence-electron chi connectivity index (χ2n) is 3.35. The monoisotopic (exact) mass is 280 g/mol. The zero-order chi connectivity index (χ0) is 11.7. The Morgan fingerprint density at radius 2 is 1.69 bits per heavy atom. The van der Waals surface area contributed by atoms with Gasteiger partial charge in [-0.15, -0.1) is 0 Å². The minimum absolute atomic E-state index is 0.139. The SMILES string of the molecule is COC1=C(CBr)C(=O)c2ccccc2C1=O. The molecule has 0 aromatic heterocycles. The molecule has 16 heavy (non-hydrogen) atoms. The van der Waals surface area contributed by atoms with E-state index in [-0.39, 0.29) is 17.3 Å². The molecule has 0 N–H and O–H groups in total. The molecule has 4 heteroatoms. The lowest BCUT2D eigenvalue weighted by Gasteiger charge is -2.18. The van der Waals surface area contributed by atoms with Crippen LogP contribution in [0, 0.1) is 0 Å². The zero-order valence-electron chi connectivity index (χ0n) is 8.62. The van der Waals surface area contributed by atoms with Crippen molar-refractivity contribution < 1.29 is 14.3 Å². The molecule has 1 aliphatic rings. The average Bonchev–Trinajstić information content (AvgIpc) is 2.33. The molecule has 0 fully saturated rings. The van der Waals surface area contributed by atoms with E-state index in [4.69, 9.17) is 4.74 Å². The first kappa shape index (κ1) is 11.1. The van der Waals surface area contributed by atoms with Crippen molar-refractivity contribution in [1.82, 2.24) is 0 Å². The van der Waals surface area contributed by atoms with Crippen molar-refractivity contribution in [3.63, 3.8) is 0 Å². The minimum Gasteiger partial charge on any atom is -0.492 e. The van der Waals surface area contributed by atoms with Gasteiger partial charge in [-0.2, -0.15) is 0 Å². The van der Waals surface area contributed by atoms with Crippen LogP contribution in [0.5, 0.6) is 0 Å². The summed E-state index contributed by atoms with van der Waals surface area (Å²) in [5.74, 6) is -0.239. The van der Waals surface area contributed by atoms with Crippen molar-refractivity contribution >= 4 is 27.5 Å². The van der Waals surface area contributed by atoms with Crippen LogP contribution in [-0.2, 0) is 4.74 Å². The smallest absolute Gasteiger partial charge is 0.228 e. The molecular weight excluding hydrogens is 272 g/mol. The third kappa shape index (κ3) is 1.50. The molecule has 0 saturated heterocycles. The summed E-state index contributed by atoms with van der Waals surface area (Å²) in [6.07, 6.45) is 0. The van der Waals surface area contributed by atoms with Crippen molar-refractivity contribution in [2.45, 2.75) is 0 Å². The maximum Gasteiger partial charge on any atom is 0.228 e. The van der Waals surface area contributed by atoms with Crippen LogP contribution in [0.15, 0.2) is 35.6 Å². The summed E-state index contributed by atoms with van der Waals surface area (Å²) in [7, 11) is 1.40. The highest BCUT2D eigenvalue weighted by Gasteiger charge is 2.31. The first-order valence-electron chi connectivity index (χ1n) is 4.72. The number of ketones is 2. The number of alkyl halides is 1. The van der Waals surface area contributed by atoms with Gasteiger partial charge in [0.2, 0.25) is 5.78 Å². The number of methoxy groups -OCH3 is 1. The minimum atomic E-state index is -0.229. The fourth-order valence-electron chi connectivity index (χ4n) is 1.74. The number of Topliss-reactive ketones (excluding diaryl/α,β-unsaturated/α-hetero) is 2. The molecule has 0 radical (unpaired) electrons. The van der Waals surface area contributed by atoms with Gasteiger partial charge in [0, 0.05) is 16.5 Å². The fourth-order valence-corrected chi connectivity index (χ4v) is 2.25. The average molecular weight is 281 g/mol. The number of carbonyl (C=O) groups is 2. The number of ether oxygens (including phenoxy) is 1. The maximum absolute atomic E-state index is 12.0. The first-order chi connectivity index (χ1) is 7.70. The van der Waals surface area contributed by atoms with Crippen LogP contribution in [0.3, 0.4) is 0 Å². The number of fused-ring (bicyclic) bond motifs is 1. The normalized spacial score (nSPS) is 15.1. The predicted molar refractivity (Wildman–Crippen MR) is 62.9 cm³/mol. The fraction of sp³-hybridized carbons (Fsp3) is 0.167. The van der Waals surface area contributed by atoms with E-state index < -0.39 is 0 Å². The predicted octanol–water partition coefficient (Wildman–Crippen LogP) is 2.36. The van der Waals surface area contributed by atoms with Crippen molar-refractivity contribution in [1.29, 1.82) is 0 Å². The number of carbonyl (C=O) groups excluding carboxylic acids is 2. The summed E-state index contributed by atoms with van der Waals surface area (Å²) in [6.45, 7) is 0. The molecule has 0 heterocycles. The molecule has 3 nitrogen and oxygen atoms in total. The van der Waals surface area contributed by atoms with Gasteiger partial charge < -0.3 is 4.74 Å². The van der Waals surface area contributed by atoms with Crippen LogP contribution in [0.4, 0.5) is 0 Å². The van der Waals surface area contributed by atoms with Crippen molar-refractivity contribution in [2.75, 3.05) is 12.4 Å². The van der Waals surface area contributed by atoms with E-state index in [0.29, 0.717) is 22.0 Å². The highest BCUT2D eigenvalue weighted by molar-refractivity contribution is 9.09. The molecule has 2 rings (SSSR count). The van der Waals surface area contributed by atoms with Gasteiger partial charge in [-0.05, 0) is 0 Å². The van der Waals surface area contributed by atoms with Gasteiger partial charge in [0.25, 0.3) is 0 Å².